The second-order valence-electron chi connectivity index (χ2n) is 4.41. The Hall–Kier alpha value is -0.970. The van der Waals surface area contributed by atoms with E-state index in [1.165, 1.54) is 0 Å². The molecule has 5 heteroatoms. The third-order valence-corrected chi connectivity index (χ3v) is 2.94. The molecule has 90 valence electrons. The minimum Gasteiger partial charge on any atom is -0.354 e. The third kappa shape index (κ3) is 3.01. The third-order valence-electron chi connectivity index (χ3n) is 2.94. The maximum Gasteiger partial charge on any atom is 0.390 e. The largest absolute Gasteiger partial charge is 0.390 e. The van der Waals surface area contributed by atoms with Crippen LogP contribution < -0.4 is 5.73 Å². The van der Waals surface area contributed by atoms with Crippen molar-refractivity contribution < 1.29 is 13.2 Å². The lowest BCUT2D eigenvalue weighted by Gasteiger charge is -2.08. The van der Waals surface area contributed by atoms with Gasteiger partial charge in [0, 0.05) is 25.0 Å². The Kier molecular flexibility index (Phi) is 2.97. The molecule has 0 aliphatic heterocycles. The number of alkyl halides is 3. The average molecular weight is 232 g/mol. The second-order valence-corrected chi connectivity index (χ2v) is 4.41. The van der Waals surface area contributed by atoms with Crippen LogP contribution in [0, 0.1) is 5.92 Å². The van der Waals surface area contributed by atoms with Gasteiger partial charge in [-0.05, 0) is 30.4 Å². The fourth-order valence-corrected chi connectivity index (χ4v) is 1.78. The Labute approximate surface area is 92.2 Å². The summed E-state index contributed by atoms with van der Waals surface area (Å²) in [7, 11) is 0. The predicted molar refractivity (Wildman–Crippen MR) is 54.8 cm³/mol. The van der Waals surface area contributed by atoms with Crippen molar-refractivity contribution in [2.75, 3.05) is 0 Å². The first-order valence-electron chi connectivity index (χ1n) is 5.44. The monoisotopic (exact) mass is 232 g/mol. The lowest BCUT2D eigenvalue weighted by Crippen LogP contribution is -2.13. The van der Waals surface area contributed by atoms with Crippen molar-refractivity contribution in [3.63, 3.8) is 0 Å². The van der Waals surface area contributed by atoms with Gasteiger partial charge in [-0.25, -0.2) is 0 Å². The molecule has 0 bridgehead atoms. The quantitative estimate of drug-likeness (QED) is 0.850. The zero-order valence-corrected chi connectivity index (χ0v) is 8.87. The summed E-state index contributed by atoms with van der Waals surface area (Å²) in [6, 6.07) is 1.81. The summed E-state index contributed by atoms with van der Waals surface area (Å²) >= 11 is 0. The van der Waals surface area contributed by atoms with Crippen molar-refractivity contribution in [1.82, 2.24) is 4.57 Å². The standard InChI is InChI=1S/C11H15F3N2/c12-11(13,14)4-6-16-5-3-9(7-16)10(15)8-1-2-8/h3,5,7-8,10H,1-2,4,6,15H2. The molecule has 1 aliphatic carbocycles. The molecule has 1 unspecified atom stereocenters. The van der Waals surface area contributed by atoms with Crippen molar-refractivity contribution in [1.29, 1.82) is 0 Å². The minimum atomic E-state index is -4.09. The molecule has 1 fully saturated rings. The van der Waals surface area contributed by atoms with Crippen molar-refractivity contribution in [2.45, 2.75) is 38.0 Å². The first-order chi connectivity index (χ1) is 7.46. The molecule has 0 spiro atoms. The van der Waals surface area contributed by atoms with Gasteiger partial charge >= 0.3 is 6.18 Å². The van der Waals surface area contributed by atoms with E-state index >= 15 is 0 Å². The van der Waals surface area contributed by atoms with Gasteiger partial charge in [0.1, 0.15) is 0 Å². The topological polar surface area (TPSA) is 30.9 Å². The number of rotatable bonds is 4. The molecular weight excluding hydrogens is 217 g/mol. The van der Waals surface area contributed by atoms with E-state index in [0.717, 1.165) is 18.4 Å². The number of hydrogen-bond acceptors (Lipinski definition) is 1. The van der Waals surface area contributed by atoms with Crippen LogP contribution in [-0.2, 0) is 6.54 Å². The van der Waals surface area contributed by atoms with E-state index in [4.69, 9.17) is 5.73 Å². The summed E-state index contributed by atoms with van der Waals surface area (Å²) in [5.41, 5.74) is 6.91. The zero-order valence-electron chi connectivity index (χ0n) is 8.87. The maximum absolute atomic E-state index is 12.0. The molecule has 16 heavy (non-hydrogen) atoms. The highest BCUT2D eigenvalue weighted by Crippen LogP contribution is 2.39. The van der Waals surface area contributed by atoms with Crippen LogP contribution >= 0.6 is 0 Å². The van der Waals surface area contributed by atoms with Gasteiger partial charge in [-0.1, -0.05) is 0 Å². The maximum atomic E-state index is 12.0. The lowest BCUT2D eigenvalue weighted by atomic mass is 10.1. The van der Waals surface area contributed by atoms with Crippen LogP contribution in [0.1, 0.15) is 30.9 Å². The number of aryl methyl sites for hydroxylation is 1. The van der Waals surface area contributed by atoms with Crippen molar-refractivity contribution in [3.05, 3.63) is 24.0 Å². The van der Waals surface area contributed by atoms with Gasteiger partial charge in [0.05, 0.1) is 6.42 Å². The smallest absolute Gasteiger partial charge is 0.354 e. The lowest BCUT2D eigenvalue weighted by molar-refractivity contribution is -0.136. The van der Waals surface area contributed by atoms with E-state index in [1.54, 1.807) is 17.0 Å². The van der Waals surface area contributed by atoms with E-state index in [2.05, 4.69) is 0 Å². The van der Waals surface area contributed by atoms with E-state index in [0.29, 0.717) is 5.92 Å². The van der Waals surface area contributed by atoms with Gasteiger partial charge in [0.25, 0.3) is 0 Å². The first kappa shape index (κ1) is 11.5. The summed E-state index contributed by atoms with van der Waals surface area (Å²) in [5.74, 6) is 0.526. The molecule has 0 aromatic carbocycles. The molecule has 2 N–H and O–H groups in total. The molecule has 0 saturated heterocycles. The molecule has 1 saturated carbocycles. The number of nitrogens with zero attached hydrogens (tertiary/aromatic N) is 1. The average Bonchev–Trinajstić information content (AvgIpc) is 2.92. The molecule has 1 aromatic heterocycles. The highest BCUT2D eigenvalue weighted by Gasteiger charge is 2.30. The van der Waals surface area contributed by atoms with Gasteiger partial charge in [0.2, 0.25) is 0 Å². The van der Waals surface area contributed by atoms with Crippen LogP contribution in [0.2, 0.25) is 0 Å². The minimum absolute atomic E-state index is 0.00728. The molecule has 2 nitrogen and oxygen atoms in total. The van der Waals surface area contributed by atoms with Gasteiger partial charge in [-0.2, -0.15) is 13.2 Å². The second kappa shape index (κ2) is 4.13. The SMILES string of the molecule is NC(c1ccn(CCC(F)(F)F)c1)C1CC1. The Bertz CT molecular complexity index is 352. The molecule has 1 aromatic rings. The van der Waals surface area contributed by atoms with Gasteiger partial charge in [0.15, 0.2) is 0 Å². The molecule has 1 atom stereocenters. The van der Waals surface area contributed by atoms with Crippen LogP contribution in [0.25, 0.3) is 0 Å². The van der Waals surface area contributed by atoms with E-state index in [-0.39, 0.29) is 12.6 Å². The Morgan fingerprint density at radius 3 is 2.69 bits per heavy atom. The van der Waals surface area contributed by atoms with Crippen LogP contribution in [0.5, 0.6) is 0 Å². The summed E-state index contributed by atoms with van der Waals surface area (Å²) in [4.78, 5) is 0. The Balaban J connectivity index is 1.91. The number of nitrogens with two attached hydrogens (primary N) is 1. The number of halogens is 3. The first-order valence-corrected chi connectivity index (χ1v) is 5.44. The molecule has 2 rings (SSSR count). The predicted octanol–water partition coefficient (Wildman–Crippen LogP) is 2.85. The summed E-state index contributed by atoms with van der Waals surface area (Å²) < 4.78 is 37.6. The van der Waals surface area contributed by atoms with Crippen molar-refractivity contribution in [3.8, 4) is 0 Å². The summed E-state index contributed by atoms with van der Waals surface area (Å²) in [6.45, 7) is -0.0269. The summed E-state index contributed by atoms with van der Waals surface area (Å²) in [6.07, 6.45) is 0.782. The van der Waals surface area contributed by atoms with E-state index < -0.39 is 12.6 Å². The van der Waals surface area contributed by atoms with Gasteiger partial charge < -0.3 is 10.3 Å². The van der Waals surface area contributed by atoms with E-state index in [1.807, 2.05) is 6.07 Å². The highest BCUT2D eigenvalue weighted by molar-refractivity contribution is 5.17. The molecule has 1 heterocycles. The Morgan fingerprint density at radius 1 is 1.44 bits per heavy atom. The molecule has 0 radical (unpaired) electrons. The van der Waals surface area contributed by atoms with Crippen molar-refractivity contribution >= 4 is 0 Å². The van der Waals surface area contributed by atoms with Crippen LogP contribution in [-0.4, -0.2) is 10.7 Å². The molecule has 0 amide bonds. The molecular formula is C11H15F3N2. The van der Waals surface area contributed by atoms with Gasteiger partial charge in [-0.3, -0.25) is 0 Å². The van der Waals surface area contributed by atoms with Crippen molar-refractivity contribution in [2.24, 2.45) is 11.7 Å². The molecule has 1 aliphatic rings. The van der Waals surface area contributed by atoms with Crippen LogP contribution in [0.4, 0.5) is 13.2 Å². The van der Waals surface area contributed by atoms with Crippen LogP contribution in [0.15, 0.2) is 18.5 Å². The van der Waals surface area contributed by atoms with Crippen LogP contribution in [0.3, 0.4) is 0 Å². The fraction of sp³-hybridized carbons (Fsp3) is 0.636. The summed E-state index contributed by atoms with van der Waals surface area (Å²) in [5, 5.41) is 0. The highest BCUT2D eigenvalue weighted by atomic mass is 19.4. The Morgan fingerprint density at radius 2 is 2.12 bits per heavy atom. The fourth-order valence-electron chi connectivity index (χ4n) is 1.78. The van der Waals surface area contributed by atoms with E-state index in [9.17, 15) is 13.2 Å². The number of aromatic nitrogens is 1. The number of hydrogen-bond donors (Lipinski definition) is 1. The normalized spacial score (nSPS) is 18.8. The zero-order chi connectivity index (χ0) is 11.8. The van der Waals surface area contributed by atoms with Gasteiger partial charge in [-0.15, -0.1) is 0 Å².